The van der Waals surface area contributed by atoms with E-state index >= 15 is 0 Å². The molecule has 0 radical (unpaired) electrons. The molecule has 0 amide bonds. The van der Waals surface area contributed by atoms with Crippen LogP contribution < -0.4 is 0 Å². The number of halogens is 3. The zero-order chi connectivity index (χ0) is 9.14. The Kier molecular flexibility index (Phi) is 2.91. The highest BCUT2D eigenvalue weighted by Crippen LogP contribution is 2.26. The molecule has 0 unspecified atom stereocenters. The molecule has 0 aromatic heterocycles. The van der Waals surface area contributed by atoms with Gasteiger partial charge in [-0.05, 0) is 17.7 Å². The highest BCUT2D eigenvalue weighted by atomic mass is 35.5. The minimum absolute atomic E-state index is 0.0987. The van der Waals surface area contributed by atoms with Crippen LogP contribution in [0.15, 0.2) is 12.1 Å². The lowest BCUT2D eigenvalue weighted by Gasteiger charge is -1.99. The molecule has 0 spiro atoms. The van der Waals surface area contributed by atoms with Crippen molar-refractivity contribution >= 4 is 23.2 Å². The summed E-state index contributed by atoms with van der Waals surface area (Å²) in [5.41, 5.74) is 0.532. The lowest BCUT2D eigenvalue weighted by atomic mass is 10.2. The van der Waals surface area contributed by atoms with Crippen LogP contribution in [-0.4, -0.2) is 0 Å². The molecule has 1 aromatic rings. The van der Waals surface area contributed by atoms with Gasteiger partial charge >= 0.3 is 0 Å². The molecule has 0 saturated carbocycles. The summed E-state index contributed by atoms with van der Waals surface area (Å²) in [5.74, 6) is -0.589. The van der Waals surface area contributed by atoms with E-state index < -0.39 is 5.82 Å². The Morgan fingerprint density at radius 1 is 1.42 bits per heavy atom. The summed E-state index contributed by atoms with van der Waals surface area (Å²) < 4.78 is 12.8. The molecule has 1 nitrogen and oxygen atoms in total. The average Bonchev–Trinajstić information content (AvgIpc) is 2.01. The summed E-state index contributed by atoms with van der Waals surface area (Å²) in [6.07, 6.45) is 0.133. The zero-order valence-corrected chi connectivity index (χ0v) is 7.45. The Labute approximate surface area is 79.3 Å². The van der Waals surface area contributed by atoms with Crippen molar-refractivity contribution in [3.8, 4) is 6.07 Å². The van der Waals surface area contributed by atoms with Gasteiger partial charge in [-0.15, -0.1) is 0 Å². The monoisotopic (exact) mass is 203 g/mol. The molecule has 1 aromatic carbocycles. The van der Waals surface area contributed by atoms with Gasteiger partial charge in [0.15, 0.2) is 0 Å². The van der Waals surface area contributed by atoms with E-state index in [1.54, 1.807) is 0 Å². The van der Waals surface area contributed by atoms with Crippen molar-refractivity contribution in [1.29, 1.82) is 5.26 Å². The number of nitrogens with zero attached hydrogens (tertiary/aromatic N) is 1. The maximum Gasteiger partial charge on any atom is 0.143 e. The highest BCUT2D eigenvalue weighted by Gasteiger charge is 2.06. The Balaban J connectivity index is 3.14. The molecule has 0 heterocycles. The second-order valence-corrected chi connectivity index (χ2v) is 2.99. The van der Waals surface area contributed by atoms with Crippen molar-refractivity contribution in [2.45, 2.75) is 6.42 Å². The van der Waals surface area contributed by atoms with Gasteiger partial charge < -0.3 is 0 Å². The van der Waals surface area contributed by atoms with Gasteiger partial charge in [-0.1, -0.05) is 23.2 Å². The summed E-state index contributed by atoms with van der Waals surface area (Å²) in [6.45, 7) is 0. The quantitative estimate of drug-likeness (QED) is 0.644. The minimum Gasteiger partial charge on any atom is -0.205 e. The fraction of sp³-hybridized carbons (Fsp3) is 0.125. The maximum absolute atomic E-state index is 12.8. The first-order valence-corrected chi connectivity index (χ1v) is 3.91. The van der Waals surface area contributed by atoms with Gasteiger partial charge in [-0.2, -0.15) is 5.26 Å². The highest BCUT2D eigenvalue weighted by molar-refractivity contribution is 6.42. The summed E-state index contributed by atoms with van der Waals surface area (Å²) >= 11 is 11.0. The molecule has 0 aliphatic heterocycles. The van der Waals surface area contributed by atoms with Gasteiger partial charge in [-0.25, -0.2) is 4.39 Å². The normalized spacial score (nSPS) is 9.50. The Morgan fingerprint density at radius 3 is 2.58 bits per heavy atom. The van der Waals surface area contributed by atoms with E-state index in [9.17, 15) is 4.39 Å². The van der Waals surface area contributed by atoms with E-state index in [1.165, 1.54) is 12.1 Å². The lowest BCUT2D eigenvalue weighted by molar-refractivity contribution is 0.626. The van der Waals surface area contributed by atoms with Crippen LogP contribution in [0.2, 0.25) is 10.0 Å². The third-order valence-corrected chi connectivity index (χ3v) is 2.11. The minimum atomic E-state index is -0.589. The molecule has 0 saturated heterocycles. The summed E-state index contributed by atoms with van der Waals surface area (Å²) in [4.78, 5) is 0. The number of hydrogen-bond acceptors (Lipinski definition) is 1. The van der Waals surface area contributed by atoms with Crippen molar-refractivity contribution in [1.82, 2.24) is 0 Å². The van der Waals surface area contributed by atoms with Crippen molar-refractivity contribution in [3.63, 3.8) is 0 Å². The van der Waals surface area contributed by atoms with Crippen molar-refractivity contribution in [2.75, 3.05) is 0 Å². The topological polar surface area (TPSA) is 23.8 Å². The molecule has 1 rings (SSSR count). The fourth-order valence-electron chi connectivity index (χ4n) is 0.801. The lowest BCUT2D eigenvalue weighted by Crippen LogP contribution is -1.86. The molecule has 4 heteroatoms. The van der Waals surface area contributed by atoms with Gasteiger partial charge in [0.25, 0.3) is 0 Å². The Morgan fingerprint density at radius 2 is 2.08 bits per heavy atom. The van der Waals surface area contributed by atoms with Crippen LogP contribution in [0.3, 0.4) is 0 Å². The number of nitriles is 1. The first kappa shape index (κ1) is 9.31. The smallest absolute Gasteiger partial charge is 0.143 e. The van der Waals surface area contributed by atoms with Crippen LogP contribution in [0.5, 0.6) is 0 Å². The molecule has 0 aliphatic rings. The van der Waals surface area contributed by atoms with Gasteiger partial charge in [0.2, 0.25) is 0 Å². The largest absolute Gasteiger partial charge is 0.205 e. The molecule has 62 valence electrons. The van der Waals surface area contributed by atoms with E-state index in [0.29, 0.717) is 5.56 Å². The first-order valence-electron chi connectivity index (χ1n) is 3.15. The maximum atomic E-state index is 12.8. The van der Waals surface area contributed by atoms with E-state index in [1.807, 2.05) is 6.07 Å². The van der Waals surface area contributed by atoms with Crippen LogP contribution in [-0.2, 0) is 6.42 Å². The number of hydrogen-bond donors (Lipinski definition) is 0. The zero-order valence-electron chi connectivity index (χ0n) is 5.94. The van der Waals surface area contributed by atoms with Crippen molar-refractivity contribution < 1.29 is 4.39 Å². The summed E-state index contributed by atoms with van der Waals surface area (Å²) in [6, 6.07) is 4.58. The summed E-state index contributed by atoms with van der Waals surface area (Å²) in [7, 11) is 0. The molecule has 0 bridgehead atoms. The molecule has 0 N–H and O–H groups in total. The first-order chi connectivity index (χ1) is 5.65. The van der Waals surface area contributed by atoms with Gasteiger partial charge in [0, 0.05) is 0 Å². The van der Waals surface area contributed by atoms with Gasteiger partial charge in [-0.3, -0.25) is 0 Å². The van der Waals surface area contributed by atoms with Crippen LogP contribution in [0.25, 0.3) is 0 Å². The Hall–Kier alpha value is -0.780. The van der Waals surface area contributed by atoms with Crippen molar-refractivity contribution in [2.24, 2.45) is 0 Å². The average molecular weight is 204 g/mol. The van der Waals surface area contributed by atoms with E-state index in [-0.39, 0.29) is 16.5 Å². The van der Waals surface area contributed by atoms with Crippen LogP contribution in [0, 0.1) is 17.1 Å². The fourth-order valence-corrected chi connectivity index (χ4v) is 1.14. The second-order valence-electron chi connectivity index (χ2n) is 2.21. The van der Waals surface area contributed by atoms with Crippen LogP contribution in [0.4, 0.5) is 4.39 Å². The molecular formula is C8H4Cl2FN. The molecule has 0 aliphatic carbocycles. The van der Waals surface area contributed by atoms with Gasteiger partial charge in [0.05, 0.1) is 22.5 Å². The number of benzene rings is 1. The predicted molar refractivity (Wildman–Crippen MR) is 45.7 cm³/mol. The number of rotatable bonds is 1. The third kappa shape index (κ3) is 1.88. The SMILES string of the molecule is N#CCc1cc(F)c(Cl)c(Cl)c1. The molecular weight excluding hydrogens is 200 g/mol. The summed E-state index contributed by atoms with van der Waals surface area (Å²) in [5, 5.41) is 8.36. The van der Waals surface area contributed by atoms with Crippen molar-refractivity contribution in [3.05, 3.63) is 33.6 Å². The van der Waals surface area contributed by atoms with E-state index in [2.05, 4.69) is 0 Å². The molecule has 0 atom stereocenters. The Bertz CT molecular complexity index is 320. The standard InChI is InChI=1S/C8H4Cl2FN/c9-6-3-5(1-2-12)4-7(11)8(6)10/h3-4H,1H2. The predicted octanol–water partition coefficient (Wildman–Crippen LogP) is 3.20. The van der Waals surface area contributed by atoms with E-state index in [0.717, 1.165) is 0 Å². The third-order valence-electron chi connectivity index (χ3n) is 1.33. The molecule has 12 heavy (non-hydrogen) atoms. The van der Waals surface area contributed by atoms with Crippen LogP contribution >= 0.6 is 23.2 Å². The van der Waals surface area contributed by atoms with Gasteiger partial charge in [0.1, 0.15) is 5.82 Å². The second kappa shape index (κ2) is 3.75. The van der Waals surface area contributed by atoms with Crippen LogP contribution in [0.1, 0.15) is 5.56 Å². The molecule has 0 fully saturated rings. The van der Waals surface area contributed by atoms with E-state index in [4.69, 9.17) is 28.5 Å².